The predicted octanol–water partition coefficient (Wildman–Crippen LogP) is 6.36. The van der Waals surface area contributed by atoms with Crippen LogP contribution in [-0.2, 0) is 0 Å². The van der Waals surface area contributed by atoms with Crippen molar-refractivity contribution in [2.75, 3.05) is 0 Å². The zero-order valence-electron chi connectivity index (χ0n) is 13.2. The van der Waals surface area contributed by atoms with E-state index in [0.717, 1.165) is 17.5 Å². The molecule has 1 aliphatic carbocycles. The van der Waals surface area contributed by atoms with Gasteiger partial charge < -0.3 is 0 Å². The molecule has 1 aliphatic rings. The topological polar surface area (TPSA) is 12.9 Å². The molecular formula is C19H20ClF2N. The van der Waals surface area contributed by atoms with Crippen LogP contribution in [0.3, 0.4) is 0 Å². The Hall–Kier alpha value is -1.48. The minimum Gasteiger partial charge on any atom is -0.205 e. The number of rotatable bonds is 3. The van der Waals surface area contributed by atoms with Gasteiger partial charge in [0.15, 0.2) is 5.82 Å². The zero-order valence-corrected chi connectivity index (χ0v) is 13.9. The monoisotopic (exact) mass is 335 g/mol. The molecule has 122 valence electrons. The van der Waals surface area contributed by atoms with E-state index in [4.69, 9.17) is 11.6 Å². The van der Waals surface area contributed by atoms with Crippen LogP contribution in [0.4, 0.5) is 8.78 Å². The van der Waals surface area contributed by atoms with Crippen molar-refractivity contribution in [3.05, 3.63) is 52.8 Å². The van der Waals surface area contributed by atoms with Gasteiger partial charge in [-0.1, -0.05) is 49.2 Å². The molecule has 0 N–H and O–H groups in total. The number of halogens is 3. The van der Waals surface area contributed by atoms with Crippen LogP contribution in [0.1, 0.15) is 50.5 Å². The van der Waals surface area contributed by atoms with E-state index in [1.807, 2.05) is 12.1 Å². The molecule has 0 radical (unpaired) electrons. The lowest BCUT2D eigenvalue weighted by atomic mass is 9.78. The number of aromatic nitrogens is 1. The number of benzene rings is 1. The van der Waals surface area contributed by atoms with Crippen molar-refractivity contribution in [1.29, 1.82) is 0 Å². The van der Waals surface area contributed by atoms with Crippen LogP contribution in [0.2, 0.25) is 5.15 Å². The summed E-state index contributed by atoms with van der Waals surface area (Å²) in [7, 11) is 0. The van der Waals surface area contributed by atoms with Crippen molar-refractivity contribution in [2.45, 2.75) is 44.9 Å². The smallest absolute Gasteiger partial charge is 0.205 e. The summed E-state index contributed by atoms with van der Waals surface area (Å²) in [6, 6.07) is 9.09. The Morgan fingerprint density at radius 1 is 1.09 bits per heavy atom. The molecule has 0 saturated heterocycles. The summed E-state index contributed by atoms with van der Waals surface area (Å²) in [5.41, 5.74) is 2.49. The van der Waals surface area contributed by atoms with Crippen molar-refractivity contribution >= 4 is 11.6 Å². The van der Waals surface area contributed by atoms with E-state index in [2.05, 4.69) is 24.0 Å². The van der Waals surface area contributed by atoms with Gasteiger partial charge >= 0.3 is 0 Å². The number of nitrogens with zero attached hydrogens (tertiary/aromatic N) is 1. The van der Waals surface area contributed by atoms with Crippen molar-refractivity contribution in [2.24, 2.45) is 5.92 Å². The van der Waals surface area contributed by atoms with Gasteiger partial charge in [-0.15, -0.1) is 0 Å². The highest BCUT2D eigenvalue weighted by molar-refractivity contribution is 6.32. The van der Waals surface area contributed by atoms with Crippen LogP contribution in [-0.4, -0.2) is 4.98 Å². The molecule has 0 spiro atoms. The van der Waals surface area contributed by atoms with Crippen molar-refractivity contribution in [1.82, 2.24) is 4.98 Å². The van der Waals surface area contributed by atoms with Crippen molar-refractivity contribution < 1.29 is 8.78 Å². The Balaban J connectivity index is 1.79. The maximum atomic E-state index is 13.4. The second-order valence-corrected chi connectivity index (χ2v) is 6.71. The quantitative estimate of drug-likeness (QED) is 0.594. The fraction of sp³-hybridized carbons (Fsp3) is 0.421. The van der Waals surface area contributed by atoms with E-state index in [9.17, 15) is 8.78 Å². The van der Waals surface area contributed by atoms with Crippen LogP contribution < -0.4 is 0 Å². The standard InChI is InChI=1S/C19H20ClF2N/c1-2-12-3-5-13(6-4-12)14-7-9-15(10-8-14)16-11-17(21)19(22)23-18(16)20/h7-13H,2-6H2,1H3. The van der Waals surface area contributed by atoms with E-state index in [0.29, 0.717) is 11.5 Å². The molecular weight excluding hydrogens is 316 g/mol. The molecule has 1 aromatic carbocycles. The largest absolute Gasteiger partial charge is 0.250 e. The van der Waals surface area contributed by atoms with E-state index < -0.39 is 11.8 Å². The molecule has 23 heavy (non-hydrogen) atoms. The third kappa shape index (κ3) is 3.55. The minimum absolute atomic E-state index is 0.0138. The fourth-order valence-electron chi connectivity index (χ4n) is 3.49. The number of hydrogen-bond acceptors (Lipinski definition) is 1. The molecule has 1 heterocycles. The van der Waals surface area contributed by atoms with Crippen LogP contribution in [0.5, 0.6) is 0 Å². The molecule has 0 aliphatic heterocycles. The maximum Gasteiger partial charge on any atom is 0.250 e. The lowest BCUT2D eigenvalue weighted by Crippen LogP contribution is -2.12. The Kier molecular flexibility index (Phi) is 4.96. The highest BCUT2D eigenvalue weighted by Crippen LogP contribution is 2.38. The summed E-state index contributed by atoms with van der Waals surface area (Å²) < 4.78 is 26.5. The van der Waals surface area contributed by atoms with Crippen LogP contribution >= 0.6 is 11.6 Å². The Morgan fingerprint density at radius 2 is 1.74 bits per heavy atom. The van der Waals surface area contributed by atoms with Crippen molar-refractivity contribution in [3.8, 4) is 11.1 Å². The normalized spacial score (nSPS) is 21.4. The van der Waals surface area contributed by atoms with Gasteiger partial charge in [0, 0.05) is 5.56 Å². The van der Waals surface area contributed by atoms with Gasteiger partial charge in [-0.05, 0) is 54.7 Å². The molecule has 4 heteroatoms. The first-order valence-electron chi connectivity index (χ1n) is 8.20. The molecule has 1 aromatic heterocycles. The molecule has 3 rings (SSSR count). The summed E-state index contributed by atoms with van der Waals surface area (Å²) in [5.74, 6) is -0.669. The first kappa shape index (κ1) is 16.4. The van der Waals surface area contributed by atoms with Gasteiger partial charge in [0.05, 0.1) is 0 Å². The minimum atomic E-state index is -1.16. The fourth-order valence-corrected chi connectivity index (χ4v) is 3.72. The summed E-state index contributed by atoms with van der Waals surface area (Å²) in [6.07, 6.45) is 6.31. The maximum absolute atomic E-state index is 13.4. The predicted molar refractivity (Wildman–Crippen MR) is 89.6 cm³/mol. The second kappa shape index (κ2) is 6.96. The van der Waals surface area contributed by atoms with E-state index in [1.165, 1.54) is 37.7 Å². The average molecular weight is 336 g/mol. The molecule has 1 fully saturated rings. The Bertz CT molecular complexity index is 677. The summed E-state index contributed by atoms with van der Waals surface area (Å²) in [4.78, 5) is 3.40. The first-order valence-corrected chi connectivity index (χ1v) is 8.58. The summed E-state index contributed by atoms with van der Waals surface area (Å²) in [6.45, 7) is 2.26. The highest BCUT2D eigenvalue weighted by Gasteiger charge is 2.21. The van der Waals surface area contributed by atoms with Gasteiger partial charge in [-0.2, -0.15) is 4.39 Å². The Labute approximate surface area is 140 Å². The third-order valence-electron chi connectivity index (χ3n) is 5.00. The summed E-state index contributed by atoms with van der Waals surface area (Å²) in [5, 5.41) is -0.0138. The second-order valence-electron chi connectivity index (χ2n) is 6.35. The molecule has 0 atom stereocenters. The lowest BCUT2D eigenvalue weighted by Gasteiger charge is -2.28. The van der Waals surface area contributed by atoms with Crippen LogP contribution in [0.25, 0.3) is 11.1 Å². The zero-order chi connectivity index (χ0) is 16.4. The van der Waals surface area contributed by atoms with Crippen molar-refractivity contribution in [3.63, 3.8) is 0 Å². The van der Waals surface area contributed by atoms with Crippen LogP contribution in [0, 0.1) is 17.7 Å². The molecule has 1 saturated carbocycles. The van der Waals surface area contributed by atoms with Gasteiger partial charge in [-0.3, -0.25) is 0 Å². The van der Waals surface area contributed by atoms with Crippen LogP contribution in [0.15, 0.2) is 30.3 Å². The molecule has 0 bridgehead atoms. The van der Waals surface area contributed by atoms with E-state index in [1.54, 1.807) is 0 Å². The Morgan fingerprint density at radius 3 is 2.35 bits per heavy atom. The number of pyridine rings is 1. The average Bonchev–Trinajstić information content (AvgIpc) is 2.58. The van der Waals surface area contributed by atoms with Gasteiger partial charge in [0.25, 0.3) is 0 Å². The summed E-state index contributed by atoms with van der Waals surface area (Å²) >= 11 is 5.94. The molecule has 2 aromatic rings. The van der Waals surface area contributed by atoms with Gasteiger partial charge in [-0.25, -0.2) is 9.37 Å². The SMILES string of the molecule is CCC1CCC(c2ccc(-c3cc(F)c(F)nc3Cl)cc2)CC1. The van der Waals surface area contributed by atoms with Gasteiger partial charge in [0.2, 0.25) is 5.95 Å². The van der Waals surface area contributed by atoms with Gasteiger partial charge in [0.1, 0.15) is 5.15 Å². The lowest BCUT2D eigenvalue weighted by molar-refractivity contribution is 0.319. The third-order valence-corrected chi connectivity index (χ3v) is 5.29. The molecule has 0 unspecified atom stereocenters. The number of hydrogen-bond donors (Lipinski definition) is 0. The molecule has 1 nitrogen and oxygen atoms in total. The molecule has 0 amide bonds. The highest BCUT2D eigenvalue weighted by atomic mass is 35.5. The first-order chi connectivity index (χ1) is 11.1. The van der Waals surface area contributed by atoms with E-state index in [-0.39, 0.29) is 5.15 Å². The van der Waals surface area contributed by atoms with E-state index >= 15 is 0 Å².